The van der Waals surface area contributed by atoms with Crippen LogP contribution in [0.5, 0.6) is 0 Å². The summed E-state index contributed by atoms with van der Waals surface area (Å²) in [6, 6.07) is -0.263. The van der Waals surface area contributed by atoms with Gasteiger partial charge < -0.3 is 20.4 Å². The number of likely N-dealkylation sites (tertiary alicyclic amines) is 1. The summed E-state index contributed by atoms with van der Waals surface area (Å²) < 4.78 is 0. The van der Waals surface area contributed by atoms with Gasteiger partial charge in [-0.3, -0.25) is 4.79 Å². The van der Waals surface area contributed by atoms with E-state index in [1.807, 2.05) is 13.8 Å². The number of aliphatic carboxylic acids is 1. The SMILES string of the molecule is CC(C)(O)C(C)(C)CNC(=O)N1CCC(C(=O)O)C1. The molecular formula is C13H24N2O4. The minimum Gasteiger partial charge on any atom is -0.481 e. The van der Waals surface area contributed by atoms with Gasteiger partial charge in [0.15, 0.2) is 0 Å². The van der Waals surface area contributed by atoms with Gasteiger partial charge in [0.2, 0.25) is 0 Å². The van der Waals surface area contributed by atoms with Crippen molar-refractivity contribution in [3.05, 3.63) is 0 Å². The van der Waals surface area contributed by atoms with Gasteiger partial charge >= 0.3 is 12.0 Å². The van der Waals surface area contributed by atoms with Gasteiger partial charge in [0.1, 0.15) is 0 Å². The molecule has 0 aromatic rings. The number of urea groups is 1. The quantitative estimate of drug-likeness (QED) is 0.709. The topological polar surface area (TPSA) is 89.9 Å². The lowest BCUT2D eigenvalue weighted by Crippen LogP contribution is -2.49. The number of aliphatic hydroxyl groups is 1. The van der Waals surface area contributed by atoms with Crippen molar-refractivity contribution in [1.29, 1.82) is 0 Å². The Balaban J connectivity index is 2.47. The van der Waals surface area contributed by atoms with Gasteiger partial charge in [-0.1, -0.05) is 13.8 Å². The number of carboxylic acid groups (broad SMARTS) is 1. The lowest BCUT2D eigenvalue weighted by atomic mass is 9.77. The largest absolute Gasteiger partial charge is 0.481 e. The van der Waals surface area contributed by atoms with Crippen LogP contribution < -0.4 is 5.32 Å². The first-order valence-electron chi connectivity index (χ1n) is 6.52. The van der Waals surface area contributed by atoms with E-state index >= 15 is 0 Å². The summed E-state index contributed by atoms with van der Waals surface area (Å²) in [5, 5.41) is 21.6. The maximum Gasteiger partial charge on any atom is 0.317 e. The summed E-state index contributed by atoms with van der Waals surface area (Å²) in [5.74, 6) is -1.32. The highest BCUT2D eigenvalue weighted by atomic mass is 16.4. The van der Waals surface area contributed by atoms with Gasteiger partial charge in [-0.15, -0.1) is 0 Å². The first-order chi connectivity index (χ1) is 8.54. The van der Waals surface area contributed by atoms with Gasteiger partial charge in [0.05, 0.1) is 11.5 Å². The Labute approximate surface area is 113 Å². The zero-order valence-corrected chi connectivity index (χ0v) is 12.1. The number of hydrogen-bond acceptors (Lipinski definition) is 3. The molecule has 0 aromatic carbocycles. The molecule has 110 valence electrons. The number of amides is 2. The molecule has 3 N–H and O–H groups in total. The molecule has 0 saturated carbocycles. The Morgan fingerprint density at radius 3 is 2.32 bits per heavy atom. The standard InChI is InChI=1S/C13H24N2O4/c1-12(2,13(3,4)19)8-14-11(18)15-6-5-9(7-15)10(16)17/h9,19H,5-8H2,1-4H3,(H,14,18)(H,16,17). The van der Waals surface area contributed by atoms with Crippen molar-refractivity contribution in [3.8, 4) is 0 Å². The highest BCUT2D eigenvalue weighted by Gasteiger charge is 2.36. The third-order valence-corrected chi connectivity index (χ3v) is 4.16. The van der Waals surface area contributed by atoms with Crippen LogP contribution in [0.1, 0.15) is 34.1 Å². The fourth-order valence-corrected chi connectivity index (χ4v) is 1.77. The molecule has 0 radical (unpaired) electrons. The maximum absolute atomic E-state index is 11.9. The monoisotopic (exact) mass is 272 g/mol. The van der Waals surface area contributed by atoms with Crippen molar-refractivity contribution in [1.82, 2.24) is 10.2 Å². The van der Waals surface area contributed by atoms with Crippen LogP contribution in [0.3, 0.4) is 0 Å². The third kappa shape index (κ3) is 3.83. The predicted molar refractivity (Wildman–Crippen MR) is 70.8 cm³/mol. The van der Waals surface area contributed by atoms with E-state index in [-0.39, 0.29) is 12.6 Å². The van der Waals surface area contributed by atoms with Crippen molar-refractivity contribution < 1.29 is 19.8 Å². The van der Waals surface area contributed by atoms with Gasteiger partial charge in [0.25, 0.3) is 0 Å². The molecule has 2 amide bonds. The minimum atomic E-state index is -0.908. The number of carbonyl (C=O) groups is 2. The van der Waals surface area contributed by atoms with Crippen LogP contribution in [0.25, 0.3) is 0 Å². The van der Waals surface area contributed by atoms with Gasteiger partial charge in [-0.2, -0.15) is 0 Å². The fraction of sp³-hybridized carbons (Fsp3) is 0.846. The van der Waals surface area contributed by atoms with Crippen LogP contribution in [0.15, 0.2) is 0 Å². The average Bonchev–Trinajstić information content (AvgIpc) is 2.73. The van der Waals surface area contributed by atoms with E-state index < -0.39 is 22.9 Å². The van der Waals surface area contributed by atoms with Gasteiger partial charge in [-0.25, -0.2) is 4.79 Å². The highest BCUT2D eigenvalue weighted by Crippen LogP contribution is 2.29. The van der Waals surface area contributed by atoms with Crippen LogP contribution in [0.4, 0.5) is 4.79 Å². The molecule has 1 fully saturated rings. The zero-order chi connectivity index (χ0) is 14.8. The number of hydrogen-bond donors (Lipinski definition) is 3. The first-order valence-corrected chi connectivity index (χ1v) is 6.52. The Kier molecular flexibility index (Phi) is 4.45. The van der Waals surface area contributed by atoms with Gasteiger partial charge in [0, 0.05) is 25.0 Å². The second kappa shape index (κ2) is 5.36. The molecule has 6 heteroatoms. The lowest BCUT2D eigenvalue weighted by molar-refractivity contribution is -0.141. The van der Waals surface area contributed by atoms with Gasteiger partial charge in [-0.05, 0) is 20.3 Å². The van der Waals surface area contributed by atoms with Crippen molar-refractivity contribution in [2.24, 2.45) is 11.3 Å². The molecule has 6 nitrogen and oxygen atoms in total. The molecular weight excluding hydrogens is 248 g/mol. The molecule has 0 aliphatic carbocycles. The van der Waals surface area contributed by atoms with Crippen LogP contribution in [0.2, 0.25) is 0 Å². The van der Waals surface area contributed by atoms with Crippen LogP contribution >= 0.6 is 0 Å². The molecule has 0 spiro atoms. The zero-order valence-electron chi connectivity index (χ0n) is 12.1. The van der Waals surface area contributed by atoms with Crippen molar-refractivity contribution >= 4 is 12.0 Å². The second-order valence-corrected chi connectivity index (χ2v) is 6.37. The van der Waals surface area contributed by atoms with E-state index in [1.165, 1.54) is 4.90 Å². The Morgan fingerprint density at radius 2 is 1.89 bits per heavy atom. The van der Waals surface area contributed by atoms with E-state index in [0.29, 0.717) is 19.5 Å². The molecule has 1 unspecified atom stereocenters. The third-order valence-electron chi connectivity index (χ3n) is 4.16. The van der Waals surface area contributed by atoms with E-state index in [1.54, 1.807) is 13.8 Å². The number of rotatable bonds is 4. The highest BCUT2D eigenvalue weighted by molar-refractivity contribution is 5.77. The molecule has 1 aliphatic heterocycles. The smallest absolute Gasteiger partial charge is 0.317 e. The summed E-state index contributed by atoms with van der Waals surface area (Å²) in [7, 11) is 0. The van der Waals surface area contributed by atoms with Crippen LogP contribution in [-0.4, -0.2) is 52.3 Å². The van der Waals surface area contributed by atoms with E-state index in [9.17, 15) is 14.7 Å². The molecule has 19 heavy (non-hydrogen) atoms. The number of carboxylic acids is 1. The fourth-order valence-electron chi connectivity index (χ4n) is 1.77. The number of nitrogens with one attached hydrogen (secondary N) is 1. The molecule has 1 atom stereocenters. The molecule has 1 heterocycles. The summed E-state index contributed by atoms with van der Waals surface area (Å²) >= 11 is 0. The second-order valence-electron chi connectivity index (χ2n) is 6.37. The normalized spacial score (nSPS) is 20.5. The van der Waals surface area contributed by atoms with Crippen molar-refractivity contribution in [2.75, 3.05) is 19.6 Å². The Morgan fingerprint density at radius 1 is 1.32 bits per heavy atom. The van der Waals surface area contributed by atoms with Crippen molar-refractivity contribution in [3.63, 3.8) is 0 Å². The first kappa shape index (κ1) is 15.8. The average molecular weight is 272 g/mol. The van der Waals surface area contributed by atoms with Crippen LogP contribution in [-0.2, 0) is 4.79 Å². The Hall–Kier alpha value is -1.30. The molecule has 0 bridgehead atoms. The van der Waals surface area contributed by atoms with Crippen molar-refractivity contribution in [2.45, 2.75) is 39.7 Å². The summed E-state index contributed by atoms with van der Waals surface area (Å²) in [5.41, 5.74) is -1.37. The van der Waals surface area contributed by atoms with Crippen LogP contribution in [0, 0.1) is 11.3 Å². The summed E-state index contributed by atoms with van der Waals surface area (Å²) in [6.45, 7) is 8.21. The molecule has 1 aliphatic rings. The maximum atomic E-state index is 11.9. The van der Waals surface area contributed by atoms with E-state index in [4.69, 9.17) is 5.11 Å². The lowest BCUT2D eigenvalue weighted by Gasteiger charge is -2.37. The Bertz CT molecular complexity index is 360. The minimum absolute atomic E-state index is 0.254. The number of nitrogens with zero attached hydrogens (tertiary/aromatic N) is 1. The molecule has 1 saturated heterocycles. The molecule has 1 rings (SSSR count). The van der Waals surface area contributed by atoms with E-state index in [0.717, 1.165) is 0 Å². The summed E-state index contributed by atoms with van der Waals surface area (Å²) in [4.78, 5) is 24.3. The number of carbonyl (C=O) groups excluding carboxylic acids is 1. The predicted octanol–water partition coefficient (Wildman–Crippen LogP) is 0.900. The molecule has 0 aromatic heterocycles. The summed E-state index contributed by atoms with van der Waals surface area (Å²) in [6.07, 6.45) is 0.498. The van der Waals surface area contributed by atoms with E-state index in [2.05, 4.69) is 5.32 Å².